The molecule has 0 spiro atoms. The zero-order valence-corrected chi connectivity index (χ0v) is 13.7. The Balaban J connectivity index is 2.00. The molecule has 0 aromatic heterocycles. The van der Waals surface area contributed by atoms with Gasteiger partial charge < -0.3 is 5.32 Å². The van der Waals surface area contributed by atoms with Gasteiger partial charge in [-0.2, -0.15) is 13.2 Å². The highest BCUT2D eigenvalue weighted by atomic mass is 19.4. The predicted molar refractivity (Wildman–Crippen MR) is 88.5 cm³/mol. The molecule has 1 atom stereocenters. The van der Waals surface area contributed by atoms with Gasteiger partial charge in [0.05, 0.1) is 16.5 Å². The number of benzene rings is 2. The quantitative estimate of drug-likeness (QED) is 0.579. The van der Waals surface area contributed by atoms with Crippen molar-refractivity contribution in [1.29, 1.82) is 0 Å². The SMILES string of the molecule is CC1(C)CC(c2cccc([N+](=O)[O-])c2)Nc2ccc(C(F)(F)F)cc21. The molecule has 25 heavy (non-hydrogen) atoms. The number of anilines is 1. The zero-order valence-electron chi connectivity index (χ0n) is 13.7. The molecule has 1 unspecified atom stereocenters. The Bertz CT molecular complexity index is 831. The van der Waals surface area contributed by atoms with Crippen molar-refractivity contribution in [2.24, 2.45) is 0 Å². The molecule has 0 saturated heterocycles. The number of fused-ring (bicyclic) bond motifs is 1. The molecular weight excluding hydrogens is 333 g/mol. The second-order valence-electron chi connectivity index (χ2n) is 6.90. The molecule has 0 amide bonds. The van der Waals surface area contributed by atoms with Crippen LogP contribution in [-0.2, 0) is 11.6 Å². The van der Waals surface area contributed by atoms with Crippen LogP contribution in [0.2, 0.25) is 0 Å². The lowest BCUT2D eigenvalue weighted by Gasteiger charge is -2.39. The van der Waals surface area contributed by atoms with Crippen LogP contribution >= 0.6 is 0 Å². The van der Waals surface area contributed by atoms with Gasteiger partial charge in [0.1, 0.15) is 0 Å². The van der Waals surface area contributed by atoms with Crippen LogP contribution in [0.4, 0.5) is 24.5 Å². The summed E-state index contributed by atoms with van der Waals surface area (Å²) in [4.78, 5) is 10.5. The van der Waals surface area contributed by atoms with E-state index in [9.17, 15) is 23.3 Å². The number of hydrogen-bond donors (Lipinski definition) is 1. The van der Waals surface area contributed by atoms with E-state index >= 15 is 0 Å². The molecule has 1 aliphatic heterocycles. The standard InChI is InChI=1S/C18H17F3N2O2/c1-17(2)10-16(11-4-3-5-13(8-11)23(24)25)22-15-7-6-12(9-14(15)17)18(19,20)21/h3-9,16,22H,10H2,1-2H3. The molecule has 1 heterocycles. The van der Waals surface area contributed by atoms with Gasteiger partial charge >= 0.3 is 6.18 Å². The highest BCUT2D eigenvalue weighted by molar-refractivity contribution is 5.60. The van der Waals surface area contributed by atoms with Gasteiger partial charge in [0, 0.05) is 17.8 Å². The van der Waals surface area contributed by atoms with Crippen molar-refractivity contribution in [2.75, 3.05) is 5.32 Å². The minimum Gasteiger partial charge on any atom is -0.378 e. The summed E-state index contributed by atoms with van der Waals surface area (Å²) in [6.07, 6.45) is -3.86. The maximum atomic E-state index is 13.0. The molecule has 7 heteroatoms. The summed E-state index contributed by atoms with van der Waals surface area (Å²) in [5.41, 5.74) is 0.791. The normalized spacial score (nSPS) is 19.0. The molecule has 0 radical (unpaired) electrons. The third-order valence-electron chi connectivity index (χ3n) is 4.60. The molecular formula is C18H17F3N2O2. The van der Waals surface area contributed by atoms with Crippen molar-refractivity contribution in [1.82, 2.24) is 0 Å². The van der Waals surface area contributed by atoms with Gasteiger partial charge in [-0.3, -0.25) is 10.1 Å². The van der Waals surface area contributed by atoms with Crippen molar-refractivity contribution in [3.63, 3.8) is 0 Å². The summed E-state index contributed by atoms with van der Waals surface area (Å²) in [7, 11) is 0. The van der Waals surface area contributed by atoms with E-state index in [-0.39, 0.29) is 11.7 Å². The fourth-order valence-electron chi connectivity index (χ4n) is 3.32. The minimum absolute atomic E-state index is 0.00433. The number of rotatable bonds is 2. The Labute approximate surface area is 142 Å². The first kappa shape index (κ1) is 17.3. The van der Waals surface area contributed by atoms with E-state index in [1.807, 2.05) is 13.8 Å². The Morgan fingerprint density at radius 1 is 1.20 bits per heavy atom. The summed E-state index contributed by atoms with van der Waals surface area (Å²) in [6, 6.07) is 9.79. The van der Waals surface area contributed by atoms with Gasteiger partial charge in [0.15, 0.2) is 0 Å². The second-order valence-corrected chi connectivity index (χ2v) is 6.90. The zero-order chi connectivity index (χ0) is 18.4. The lowest BCUT2D eigenvalue weighted by molar-refractivity contribution is -0.384. The van der Waals surface area contributed by atoms with Gasteiger partial charge in [-0.25, -0.2) is 0 Å². The van der Waals surface area contributed by atoms with E-state index in [1.165, 1.54) is 24.3 Å². The second kappa shape index (κ2) is 5.75. The average molecular weight is 350 g/mol. The van der Waals surface area contributed by atoms with Crippen LogP contribution in [-0.4, -0.2) is 4.92 Å². The third-order valence-corrected chi connectivity index (χ3v) is 4.60. The fourth-order valence-corrected chi connectivity index (χ4v) is 3.32. The highest BCUT2D eigenvalue weighted by Crippen LogP contribution is 2.46. The average Bonchev–Trinajstić information content (AvgIpc) is 2.53. The number of halogens is 3. The topological polar surface area (TPSA) is 55.2 Å². The highest BCUT2D eigenvalue weighted by Gasteiger charge is 2.37. The fraction of sp³-hybridized carbons (Fsp3) is 0.333. The molecule has 1 aliphatic rings. The Morgan fingerprint density at radius 2 is 1.92 bits per heavy atom. The van der Waals surface area contributed by atoms with Crippen LogP contribution < -0.4 is 5.32 Å². The summed E-state index contributed by atoms with van der Waals surface area (Å²) in [5.74, 6) is 0. The van der Waals surface area contributed by atoms with Crippen LogP contribution in [0.5, 0.6) is 0 Å². The van der Waals surface area contributed by atoms with E-state index in [2.05, 4.69) is 5.32 Å². The first-order valence-corrected chi connectivity index (χ1v) is 7.80. The molecule has 132 valence electrons. The lowest BCUT2D eigenvalue weighted by Crippen LogP contribution is -2.31. The summed E-state index contributed by atoms with van der Waals surface area (Å²) >= 11 is 0. The number of alkyl halides is 3. The van der Waals surface area contributed by atoms with E-state index in [1.54, 1.807) is 12.1 Å². The van der Waals surface area contributed by atoms with Crippen LogP contribution in [0.15, 0.2) is 42.5 Å². The Hall–Kier alpha value is -2.57. The van der Waals surface area contributed by atoms with E-state index in [0.717, 1.165) is 11.6 Å². The smallest absolute Gasteiger partial charge is 0.378 e. The molecule has 0 aliphatic carbocycles. The van der Waals surface area contributed by atoms with E-state index in [0.29, 0.717) is 17.7 Å². The maximum absolute atomic E-state index is 13.0. The van der Waals surface area contributed by atoms with Crippen LogP contribution in [0.25, 0.3) is 0 Å². The summed E-state index contributed by atoms with van der Waals surface area (Å²) in [5, 5.41) is 14.2. The molecule has 0 bridgehead atoms. The largest absolute Gasteiger partial charge is 0.416 e. The van der Waals surface area contributed by atoms with Crippen LogP contribution in [0.1, 0.15) is 43.0 Å². The number of hydrogen-bond acceptors (Lipinski definition) is 3. The van der Waals surface area contributed by atoms with Crippen molar-refractivity contribution < 1.29 is 18.1 Å². The summed E-state index contributed by atoms with van der Waals surface area (Å²) in [6.45, 7) is 3.77. The van der Waals surface area contributed by atoms with Gasteiger partial charge in [-0.1, -0.05) is 26.0 Å². The van der Waals surface area contributed by atoms with E-state index < -0.39 is 22.1 Å². The first-order valence-electron chi connectivity index (χ1n) is 7.80. The summed E-state index contributed by atoms with van der Waals surface area (Å²) < 4.78 is 39.0. The molecule has 0 fully saturated rings. The molecule has 1 N–H and O–H groups in total. The maximum Gasteiger partial charge on any atom is 0.416 e. The third kappa shape index (κ3) is 3.31. The molecule has 4 nitrogen and oxygen atoms in total. The van der Waals surface area contributed by atoms with E-state index in [4.69, 9.17) is 0 Å². The Morgan fingerprint density at radius 3 is 2.56 bits per heavy atom. The molecule has 3 rings (SSSR count). The molecule has 2 aromatic carbocycles. The predicted octanol–water partition coefficient (Wildman–Crippen LogP) is 5.45. The van der Waals surface area contributed by atoms with Crippen molar-refractivity contribution in [3.05, 3.63) is 69.3 Å². The number of nitrogens with zero attached hydrogens (tertiary/aromatic N) is 1. The van der Waals surface area contributed by atoms with Crippen LogP contribution in [0, 0.1) is 10.1 Å². The van der Waals surface area contributed by atoms with Gasteiger partial charge in [0.25, 0.3) is 5.69 Å². The minimum atomic E-state index is -4.39. The molecule has 0 saturated carbocycles. The van der Waals surface area contributed by atoms with Gasteiger partial charge in [-0.15, -0.1) is 0 Å². The van der Waals surface area contributed by atoms with Crippen molar-refractivity contribution >= 4 is 11.4 Å². The Kier molecular flexibility index (Phi) is 3.97. The van der Waals surface area contributed by atoms with Gasteiger partial charge in [0.2, 0.25) is 0 Å². The first-order chi connectivity index (χ1) is 11.6. The van der Waals surface area contributed by atoms with Crippen LogP contribution in [0.3, 0.4) is 0 Å². The number of nitro groups is 1. The monoisotopic (exact) mass is 350 g/mol. The number of nitrogens with one attached hydrogen (secondary N) is 1. The molecule has 2 aromatic rings. The van der Waals surface area contributed by atoms with Gasteiger partial charge in [-0.05, 0) is 41.2 Å². The lowest BCUT2D eigenvalue weighted by atomic mass is 9.73. The number of non-ortho nitro benzene ring substituents is 1. The van der Waals surface area contributed by atoms with Crippen molar-refractivity contribution in [2.45, 2.75) is 37.9 Å². The van der Waals surface area contributed by atoms with Crippen molar-refractivity contribution in [3.8, 4) is 0 Å². The number of nitro benzene ring substituents is 1.